The summed E-state index contributed by atoms with van der Waals surface area (Å²) in [4.78, 5) is 11.9. The molecule has 1 amide bonds. The predicted octanol–water partition coefficient (Wildman–Crippen LogP) is 0.0478. The van der Waals surface area contributed by atoms with E-state index in [0.717, 1.165) is 19.6 Å². The number of amides is 1. The van der Waals surface area contributed by atoms with Crippen molar-refractivity contribution in [1.29, 1.82) is 0 Å². The second-order valence-electron chi connectivity index (χ2n) is 4.97. The molecule has 1 aliphatic carbocycles. The van der Waals surface area contributed by atoms with E-state index in [2.05, 4.69) is 27.2 Å². The van der Waals surface area contributed by atoms with Crippen LogP contribution in [0, 0.1) is 0 Å². The smallest absolute Gasteiger partial charge is 0.273 e. The van der Waals surface area contributed by atoms with Crippen molar-refractivity contribution in [2.45, 2.75) is 23.6 Å². The topological polar surface area (TPSA) is 71.8 Å². The summed E-state index contributed by atoms with van der Waals surface area (Å²) in [5.74, 6) is -0.117. The van der Waals surface area contributed by atoms with Crippen LogP contribution < -0.4 is 10.6 Å². The molecule has 1 saturated heterocycles. The molecule has 3 rings (SSSR count). The predicted molar refractivity (Wildman–Crippen MR) is 69.7 cm³/mol. The highest BCUT2D eigenvalue weighted by molar-refractivity contribution is 8.00. The van der Waals surface area contributed by atoms with Crippen LogP contribution in [0.1, 0.15) is 29.4 Å². The Morgan fingerprint density at radius 3 is 3.00 bits per heavy atom. The third kappa shape index (κ3) is 2.24. The summed E-state index contributed by atoms with van der Waals surface area (Å²) in [6.07, 6.45) is 6.21. The van der Waals surface area contributed by atoms with Gasteiger partial charge in [0.25, 0.3) is 5.91 Å². The van der Waals surface area contributed by atoms with Crippen LogP contribution in [-0.2, 0) is 0 Å². The molecule has 0 spiro atoms. The molecule has 2 fully saturated rings. The maximum absolute atomic E-state index is 11.9. The Morgan fingerprint density at radius 2 is 2.44 bits per heavy atom. The normalized spacial score (nSPS) is 21.4. The number of thioether (sulfide) groups is 1. The van der Waals surface area contributed by atoms with Crippen LogP contribution in [0.25, 0.3) is 0 Å². The Labute approximate surface area is 110 Å². The van der Waals surface area contributed by atoms with E-state index in [4.69, 9.17) is 0 Å². The van der Waals surface area contributed by atoms with E-state index >= 15 is 0 Å². The van der Waals surface area contributed by atoms with Gasteiger partial charge in [-0.15, -0.1) is 5.10 Å². The van der Waals surface area contributed by atoms with Gasteiger partial charge >= 0.3 is 0 Å². The van der Waals surface area contributed by atoms with Gasteiger partial charge in [-0.05, 0) is 19.1 Å². The standard InChI is InChI=1S/C11H17N5OS/c1-18-11(2-3-11)7-13-10(17)9-6-16(15-14-9)8-4-12-5-8/h6,8,12H,2-5,7H2,1H3,(H,13,17). The summed E-state index contributed by atoms with van der Waals surface area (Å²) in [7, 11) is 0. The molecule has 0 bridgehead atoms. The Bertz CT molecular complexity index is 452. The maximum atomic E-state index is 11.9. The molecule has 1 aromatic heterocycles. The number of carbonyl (C=O) groups is 1. The van der Waals surface area contributed by atoms with Gasteiger partial charge in [-0.25, -0.2) is 4.68 Å². The lowest BCUT2D eigenvalue weighted by molar-refractivity contribution is 0.0948. The molecular weight excluding hydrogens is 250 g/mol. The van der Waals surface area contributed by atoms with Crippen molar-refractivity contribution in [2.24, 2.45) is 0 Å². The van der Waals surface area contributed by atoms with E-state index in [0.29, 0.717) is 11.7 Å². The Morgan fingerprint density at radius 1 is 1.67 bits per heavy atom. The highest BCUT2D eigenvalue weighted by Gasteiger charge is 2.42. The van der Waals surface area contributed by atoms with E-state index in [1.54, 1.807) is 10.9 Å². The minimum Gasteiger partial charge on any atom is -0.349 e. The molecule has 2 aliphatic rings. The number of rotatable bonds is 5. The van der Waals surface area contributed by atoms with Gasteiger partial charge in [-0.2, -0.15) is 11.8 Å². The molecule has 0 radical (unpaired) electrons. The van der Waals surface area contributed by atoms with Crippen LogP contribution in [0.4, 0.5) is 0 Å². The number of nitrogens with zero attached hydrogens (tertiary/aromatic N) is 3. The van der Waals surface area contributed by atoms with Crippen LogP contribution in [0.2, 0.25) is 0 Å². The average molecular weight is 267 g/mol. The van der Waals surface area contributed by atoms with E-state index in [-0.39, 0.29) is 10.7 Å². The van der Waals surface area contributed by atoms with Gasteiger partial charge in [0.05, 0.1) is 12.2 Å². The van der Waals surface area contributed by atoms with Gasteiger partial charge in [0.1, 0.15) is 0 Å². The van der Waals surface area contributed by atoms with Gasteiger partial charge in [0, 0.05) is 24.4 Å². The molecule has 7 heteroatoms. The zero-order chi connectivity index (χ0) is 12.6. The molecule has 1 saturated carbocycles. The molecular formula is C11H17N5OS. The summed E-state index contributed by atoms with van der Waals surface area (Å²) in [6.45, 7) is 2.53. The first kappa shape index (κ1) is 12.0. The quantitative estimate of drug-likeness (QED) is 0.788. The van der Waals surface area contributed by atoms with E-state index in [9.17, 15) is 4.79 Å². The first-order valence-electron chi connectivity index (χ1n) is 6.18. The van der Waals surface area contributed by atoms with Gasteiger partial charge in [0.2, 0.25) is 0 Å². The molecule has 1 aliphatic heterocycles. The molecule has 6 nitrogen and oxygen atoms in total. The zero-order valence-corrected chi connectivity index (χ0v) is 11.2. The minimum absolute atomic E-state index is 0.117. The summed E-state index contributed by atoms with van der Waals surface area (Å²) < 4.78 is 2.05. The highest BCUT2D eigenvalue weighted by atomic mass is 32.2. The average Bonchev–Trinajstić information content (AvgIpc) is 2.95. The molecule has 18 heavy (non-hydrogen) atoms. The van der Waals surface area contributed by atoms with Crippen LogP contribution in [0.15, 0.2) is 6.20 Å². The zero-order valence-electron chi connectivity index (χ0n) is 10.3. The van der Waals surface area contributed by atoms with Crippen molar-refractivity contribution < 1.29 is 4.79 Å². The first-order valence-corrected chi connectivity index (χ1v) is 7.41. The maximum Gasteiger partial charge on any atom is 0.273 e. The fourth-order valence-electron chi connectivity index (χ4n) is 1.94. The Balaban J connectivity index is 1.56. The Hall–Kier alpha value is -1.08. The molecule has 0 unspecified atom stereocenters. The first-order chi connectivity index (χ1) is 8.72. The van der Waals surface area contributed by atoms with Crippen molar-refractivity contribution in [3.63, 3.8) is 0 Å². The summed E-state index contributed by atoms with van der Waals surface area (Å²) in [6, 6.07) is 0.347. The largest absolute Gasteiger partial charge is 0.349 e. The monoisotopic (exact) mass is 267 g/mol. The van der Waals surface area contributed by atoms with Crippen LogP contribution in [-0.4, -0.2) is 51.5 Å². The van der Waals surface area contributed by atoms with Gasteiger partial charge in [-0.1, -0.05) is 5.21 Å². The fraction of sp³-hybridized carbons (Fsp3) is 0.727. The lowest BCUT2D eigenvalue weighted by atomic mass is 10.2. The highest BCUT2D eigenvalue weighted by Crippen LogP contribution is 2.46. The number of carbonyl (C=O) groups excluding carboxylic acids is 1. The number of nitrogens with one attached hydrogen (secondary N) is 2. The third-order valence-electron chi connectivity index (χ3n) is 3.69. The van der Waals surface area contributed by atoms with Crippen molar-refractivity contribution in [1.82, 2.24) is 25.6 Å². The third-order valence-corrected chi connectivity index (χ3v) is 5.11. The second-order valence-corrected chi connectivity index (χ2v) is 6.24. The summed E-state index contributed by atoms with van der Waals surface area (Å²) in [5.41, 5.74) is 0.416. The SMILES string of the molecule is CSC1(CNC(=O)c2cn(C3CNC3)nn2)CC1. The van der Waals surface area contributed by atoms with Crippen molar-refractivity contribution in [3.05, 3.63) is 11.9 Å². The number of hydrogen-bond acceptors (Lipinski definition) is 5. The van der Waals surface area contributed by atoms with E-state index in [1.807, 2.05) is 11.8 Å². The summed E-state index contributed by atoms with van der Waals surface area (Å²) in [5, 5.41) is 14.0. The van der Waals surface area contributed by atoms with Crippen LogP contribution in [0.3, 0.4) is 0 Å². The fourth-order valence-corrected chi connectivity index (χ4v) is 2.67. The Kier molecular flexibility index (Phi) is 3.03. The van der Waals surface area contributed by atoms with Gasteiger partial charge in [-0.3, -0.25) is 4.79 Å². The van der Waals surface area contributed by atoms with Crippen molar-refractivity contribution in [3.8, 4) is 0 Å². The number of hydrogen-bond donors (Lipinski definition) is 2. The van der Waals surface area contributed by atoms with E-state index in [1.165, 1.54) is 12.8 Å². The van der Waals surface area contributed by atoms with E-state index < -0.39 is 0 Å². The minimum atomic E-state index is -0.117. The van der Waals surface area contributed by atoms with Crippen LogP contribution >= 0.6 is 11.8 Å². The lowest BCUT2D eigenvalue weighted by Crippen LogP contribution is -2.43. The summed E-state index contributed by atoms with van der Waals surface area (Å²) >= 11 is 1.83. The second kappa shape index (κ2) is 4.55. The van der Waals surface area contributed by atoms with Gasteiger partial charge in [0.15, 0.2) is 5.69 Å². The molecule has 2 heterocycles. The molecule has 98 valence electrons. The van der Waals surface area contributed by atoms with Gasteiger partial charge < -0.3 is 10.6 Å². The molecule has 2 N–H and O–H groups in total. The van der Waals surface area contributed by atoms with Crippen LogP contribution in [0.5, 0.6) is 0 Å². The van der Waals surface area contributed by atoms with Crippen molar-refractivity contribution >= 4 is 17.7 Å². The molecule has 1 aromatic rings. The van der Waals surface area contributed by atoms with Crippen molar-refractivity contribution in [2.75, 3.05) is 25.9 Å². The molecule has 0 aromatic carbocycles. The molecule has 0 atom stereocenters. The lowest BCUT2D eigenvalue weighted by Gasteiger charge is -2.26. The number of aromatic nitrogens is 3.